The Bertz CT molecular complexity index is 767. The molecule has 0 radical (unpaired) electrons. The van der Waals surface area contributed by atoms with Crippen molar-refractivity contribution in [2.75, 3.05) is 0 Å². The number of hydrogen-bond donors (Lipinski definition) is 2. The number of benzene rings is 1. The number of thiocarbonyl (C=S) groups is 1. The van der Waals surface area contributed by atoms with Crippen LogP contribution in [0.5, 0.6) is 0 Å². The molecule has 0 bridgehead atoms. The Balaban J connectivity index is 2.11. The van der Waals surface area contributed by atoms with Crippen LogP contribution in [0.1, 0.15) is 16.0 Å². The third-order valence-corrected chi connectivity index (χ3v) is 6.28. The predicted octanol–water partition coefficient (Wildman–Crippen LogP) is 2.93. The van der Waals surface area contributed by atoms with E-state index in [2.05, 4.69) is 20.7 Å². The van der Waals surface area contributed by atoms with E-state index in [1.54, 1.807) is 37.3 Å². The Morgan fingerprint density at radius 2 is 2.00 bits per heavy atom. The van der Waals surface area contributed by atoms with Crippen LogP contribution in [0.15, 0.2) is 39.0 Å². The minimum atomic E-state index is -3.51. The van der Waals surface area contributed by atoms with Gasteiger partial charge in [-0.15, -0.1) is 11.3 Å². The first kappa shape index (κ1) is 16.6. The van der Waals surface area contributed by atoms with Gasteiger partial charge < -0.3 is 5.73 Å². The summed E-state index contributed by atoms with van der Waals surface area (Å²) >= 11 is 9.56. The number of thiophene rings is 1. The number of hydrogen-bond acceptors (Lipinski definition) is 4. The summed E-state index contributed by atoms with van der Waals surface area (Å²) in [5.41, 5.74) is 7.12. The van der Waals surface area contributed by atoms with Gasteiger partial charge in [0.15, 0.2) is 0 Å². The first-order valence-corrected chi connectivity index (χ1v) is 9.44. The summed E-state index contributed by atoms with van der Waals surface area (Å²) in [7, 11) is -3.51. The summed E-state index contributed by atoms with van der Waals surface area (Å²) in [6.45, 7) is 1.99. The molecular formula is C13H13BrN2O2S3. The van der Waals surface area contributed by atoms with E-state index in [-0.39, 0.29) is 6.54 Å². The predicted molar refractivity (Wildman–Crippen MR) is 93.1 cm³/mol. The van der Waals surface area contributed by atoms with Crippen LogP contribution in [-0.2, 0) is 16.6 Å². The summed E-state index contributed by atoms with van der Waals surface area (Å²) in [6.07, 6.45) is 0. The van der Waals surface area contributed by atoms with Crippen LogP contribution in [0.25, 0.3) is 0 Å². The number of nitrogens with two attached hydrogens (primary N) is 1. The van der Waals surface area contributed by atoms with Crippen LogP contribution in [0, 0.1) is 6.92 Å². The van der Waals surface area contributed by atoms with Crippen molar-refractivity contribution in [3.8, 4) is 0 Å². The molecule has 0 unspecified atom stereocenters. The number of sulfonamides is 1. The Morgan fingerprint density at radius 1 is 1.38 bits per heavy atom. The van der Waals surface area contributed by atoms with E-state index in [9.17, 15) is 8.42 Å². The molecule has 0 aliphatic rings. The lowest BCUT2D eigenvalue weighted by Gasteiger charge is -2.07. The molecule has 21 heavy (non-hydrogen) atoms. The molecule has 1 aromatic carbocycles. The van der Waals surface area contributed by atoms with E-state index < -0.39 is 10.0 Å². The van der Waals surface area contributed by atoms with E-state index in [0.717, 1.165) is 19.8 Å². The van der Waals surface area contributed by atoms with E-state index in [0.29, 0.717) is 9.88 Å². The summed E-state index contributed by atoms with van der Waals surface area (Å²) in [6, 6.07) is 8.76. The lowest BCUT2D eigenvalue weighted by molar-refractivity contribution is 0.581. The van der Waals surface area contributed by atoms with Crippen molar-refractivity contribution in [3.05, 3.63) is 50.1 Å². The fourth-order valence-corrected chi connectivity index (χ4v) is 5.31. The molecule has 0 fully saturated rings. The van der Waals surface area contributed by atoms with E-state index in [1.807, 2.05) is 0 Å². The molecule has 0 amide bonds. The third kappa shape index (κ3) is 4.10. The minimum absolute atomic E-state index is 0.215. The Kier molecular flexibility index (Phi) is 5.15. The van der Waals surface area contributed by atoms with Crippen LogP contribution in [0.3, 0.4) is 0 Å². The normalized spacial score (nSPS) is 11.5. The van der Waals surface area contributed by atoms with E-state index in [1.165, 1.54) is 11.3 Å². The molecule has 3 N–H and O–H groups in total. The van der Waals surface area contributed by atoms with Gasteiger partial charge in [-0.25, -0.2) is 13.1 Å². The van der Waals surface area contributed by atoms with Gasteiger partial charge in [-0.2, -0.15) is 0 Å². The van der Waals surface area contributed by atoms with Crippen molar-refractivity contribution < 1.29 is 8.42 Å². The van der Waals surface area contributed by atoms with Crippen molar-refractivity contribution >= 4 is 54.5 Å². The largest absolute Gasteiger partial charge is 0.389 e. The monoisotopic (exact) mass is 404 g/mol. The van der Waals surface area contributed by atoms with Crippen LogP contribution < -0.4 is 10.5 Å². The highest BCUT2D eigenvalue weighted by Gasteiger charge is 2.19. The number of halogens is 1. The molecule has 0 saturated heterocycles. The highest BCUT2D eigenvalue weighted by molar-refractivity contribution is 9.11. The second kappa shape index (κ2) is 6.53. The van der Waals surface area contributed by atoms with E-state index in [4.69, 9.17) is 18.0 Å². The van der Waals surface area contributed by atoms with Gasteiger partial charge in [-0.1, -0.05) is 36.5 Å². The maximum absolute atomic E-state index is 12.2. The van der Waals surface area contributed by atoms with Crippen molar-refractivity contribution in [1.82, 2.24) is 4.72 Å². The Labute approximate surface area is 141 Å². The summed E-state index contributed by atoms with van der Waals surface area (Å²) in [4.78, 5) is 1.37. The molecule has 0 saturated carbocycles. The third-order valence-electron chi connectivity index (χ3n) is 2.84. The summed E-state index contributed by atoms with van der Waals surface area (Å²) in [5, 5.41) is 0. The SMILES string of the molecule is Cc1sc(Br)cc1S(=O)(=O)NCc1ccc(C(N)=S)cc1. The average molecular weight is 405 g/mol. The smallest absolute Gasteiger partial charge is 0.242 e. The fourth-order valence-electron chi connectivity index (χ4n) is 1.74. The fraction of sp³-hybridized carbons (Fsp3) is 0.154. The maximum Gasteiger partial charge on any atom is 0.242 e. The first-order chi connectivity index (χ1) is 9.79. The molecule has 4 nitrogen and oxygen atoms in total. The van der Waals surface area contributed by atoms with Gasteiger partial charge in [0, 0.05) is 17.0 Å². The summed E-state index contributed by atoms with van der Waals surface area (Å²) < 4.78 is 27.9. The molecular weight excluding hydrogens is 392 g/mol. The van der Waals surface area contributed by atoms with Crippen LogP contribution in [0.4, 0.5) is 0 Å². The molecule has 0 atom stereocenters. The van der Waals surface area contributed by atoms with Gasteiger partial charge >= 0.3 is 0 Å². The van der Waals surface area contributed by atoms with Gasteiger partial charge in [0.1, 0.15) is 4.99 Å². The zero-order valence-corrected chi connectivity index (χ0v) is 15.1. The van der Waals surface area contributed by atoms with Crippen LogP contribution in [0.2, 0.25) is 0 Å². The number of aryl methyl sites for hydroxylation is 1. The van der Waals surface area contributed by atoms with Gasteiger partial charge in [0.2, 0.25) is 10.0 Å². The maximum atomic E-state index is 12.2. The molecule has 2 rings (SSSR count). The zero-order chi connectivity index (χ0) is 15.6. The number of nitrogens with one attached hydrogen (secondary N) is 1. The lowest BCUT2D eigenvalue weighted by Crippen LogP contribution is -2.23. The van der Waals surface area contributed by atoms with Gasteiger partial charge in [0.05, 0.1) is 8.68 Å². The van der Waals surface area contributed by atoms with Crippen molar-refractivity contribution in [2.45, 2.75) is 18.4 Å². The summed E-state index contributed by atoms with van der Waals surface area (Å²) in [5.74, 6) is 0. The van der Waals surface area contributed by atoms with Crippen molar-refractivity contribution in [2.24, 2.45) is 5.73 Å². The standard InChI is InChI=1S/C13H13BrN2O2S3/c1-8-11(6-12(14)20-8)21(17,18)16-7-9-2-4-10(5-3-9)13(15)19/h2-6,16H,7H2,1H3,(H2,15,19). The highest BCUT2D eigenvalue weighted by atomic mass is 79.9. The van der Waals surface area contributed by atoms with Gasteiger partial charge in [0.25, 0.3) is 0 Å². The Hall–Kier alpha value is -0.800. The quantitative estimate of drug-likeness (QED) is 0.751. The van der Waals surface area contributed by atoms with Crippen molar-refractivity contribution in [1.29, 1.82) is 0 Å². The number of rotatable bonds is 5. The van der Waals surface area contributed by atoms with E-state index >= 15 is 0 Å². The van der Waals surface area contributed by atoms with Gasteiger partial charge in [-0.05, 0) is 34.5 Å². The molecule has 0 aliphatic heterocycles. The first-order valence-electron chi connectivity index (χ1n) is 5.94. The molecule has 8 heteroatoms. The Morgan fingerprint density at radius 3 is 2.48 bits per heavy atom. The molecule has 1 aromatic heterocycles. The minimum Gasteiger partial charge on any atom is -0.389 e. The zero-order valence-electron chi connectivity index (χ0n) is 11.1. The average Bonchev–Trinajstić information content (AvgIpc) is 2.77. The highest BCUT2D eigenvalue weighted by Crippen LogP contribution is 2.29. The molecule has 0 aliphatic carbocycles. The molecule has 2 aromatic rings. The van der Waals surface area contributed by atoms with Gasteiger partial charge in [-0.3, -0.25) is 0 Å². The second-order valence-corrected chi connectivity index (χ2v) is 9.17. The van der Waals surface area contributed by atoms with Crippen molar-refractivity contribution in [3.63, 3.8) is 0 Å². The molecule has 0 spiro atoms. The molecule has 112 valence electrons. The second-order valence-electron chi connectivity index (χ2n) is 4.36. The van der Waals surface area contributed by atoms with Crippen LogP contribution in [-0.4, -0.2) is 13.4 Å². The van der Waals surface area contributed by atoms with Crippen LogP contribution >= 0.6 is 39.5 Å². The lowest BCUT2D eigenvalue weighted by atomic mass is 10.1. The topological polar surface area (TPSA) is 72.2 Å². The molecule has 1 heterocycles.